The van der Waals surface area contributed by atoms with Crippen molar-refractivity contribution in [1.82, 2.24) is 4.90 Å². The predicted octanol–water partition coefficient (Wildman–Crippen LogP) is 4.25. The number of aliphatic carboxylic acids is 1. The lowest BCUT2D eigenvalue weighted by Crippen LogP contribution is -2.33. The largest absolute Gasteiger partial charge is 0.480 e. The molecule has 27 heavy (non-hydrogen) atoms. The SMILES string of the molecule is O=C(O)CN1C(=O)C(=Cc2ccc(-c3cccc(C(F)(F)F)c3)o2)SC1=S. The number of hydrogen-bond donors (Lipinski definition) is 1. The molecule has 0 atom stereocenters. The Bertz CT molecular complexity index is 965. The van der Waals surface area contributed by atoms with E-state index in [0.717, 1.165) is 28.8 Å². The van der Waals surface area contributed by atoms with Gasteiger partial charge in [-0.25, -0.2) is 0 Å². The van der Waals surface area contributed by atoms with Crippen LogP contribution in [0.25, 0.3) is 17.4 Å². The molecule has 0 bridgehead atoms. The van der Waals surface area contributed by atoms with Crippen molar-refractivity contribution in [3.8, 4) is 11.3 Å². The van der Waals surface area contributed by atoms with Gasteiger partial charge in [-0.3, -0.25) is 14.5 Å². The fraction of sp³-hybridized carbons (Fsp3) is 0.118. The summed E-state index contributed by atoms with van der Waals surface area (Å²) in [5.41, 5.74) is -0.560. The molecule has 1 fully saturated rings. The number of furan rings is 1. The fourth-order valence-corrected chi connectivity index (χ4v) is 3.57. The summed E-state index contributed by atoms with van der Waals surface area (Å²) in [5, 5.41) is 8.81. The zero-order valence-electron chi connectivity index (χ0n) is 13.3. The van der Waals surface area contributed by atoms with Gasteiger partial charge in [0, 0.05) is 11.6 Å². The van der Waals surface area contributed by atoms with Crippen molar-refractivity contribution in [1.29, 1.82) is 0 Å². The molecule has 1 aliphatic rings. The van der Waals surface area contributed by atoms with Crippen LogP contribution in [0.3, 0.4) is 0 Å². The minimum absolute atomic E-state index is 0.110. The number of rotatable bonds is 4. The van der Waals surface area contributed by atoms with Gasteiger partial charge in [-0.2, -0.15) is 13.2 Å². The number of carboxylic acids is 1. The molecule has 140 valence electrons. The molecule has 0 unspecified atom stereocenters. The molecule has 0 aliphatic carbocycles. The van der Waals surface area contributed by atoms with Crippen LogP contribution in [0.2, 0.25) is 0 Å². The molecule has 1 amide bonds. The first kappa shape index (κ1) is 19.2. The lowest BCUT2D eigenvalue weighted by atomic mass is 10.1. The highest BCUT2D eigenvalue weighted by Gasteiger charge is 2.34. The quantitative estimate of drug-likeness (QED) is 0.597. The van der Waals surface area contributed by atoms with E-state index in [2.05, 4.69) is 0 Å². The standard InChI is InChI=1S/C17H10F3NO4S2/c18-17(19,20)10-3-1-2-9(6-10)12-5-4-11(25-12)7-13-15(24)21(8-14(22)23)16(26)27-13/h1-7H,8H2,(H,22,23). The van der Waals surface area contributed by atoms with E-state index < -0.39 is 30.2 Å². The molecule has 1 aromatic heterocycles. The first-order valence-corrected chi connectivity index (χ1v) is 8.62. The van der Waals surface area contributed by atoms with Gasteiger partial charge >= 0.3 is 12.1 Å². The van der Waals surface area contributed by atoms with Gasteiger partial charge < -0.3 is 9.52 Å². The van der Waals surface area contributed by atoms with Gasteiger partial charge in [-0.1, -0.05) is 36.1 Å². The highest BCUT2D eigenvalue weighted by molar-refractivity contribution is 8.26. The summed E-state index contributed by atoms with van der Waals surface area (Å²) in [6.07, 6.45) is -3.10. The Balaban J connectivity index is 1.85. The van der Waals surface area contributed by atoms with Crippen molar-refractivity contribution in [2.24, 2.45) is 0 Å². The van der Waals surface area contributed by atoms with E-state index in [0.29, 0.717) is 0 Å². The van der Waals surface area contributed by atoms with Crippen LogP contribution in [0.5, 0.6) is 0 Å². The molecule has 2 heterocycles. The molecule has 0 saturated carbocycles. The van der Waals surface area contributed by atoms with Crippen LogP contribution in [-0.2, 0) is 15.8 Å². The number of benzene rings is 1. The van der Waals surface area contributed by atoms with Crippen LogP contribution < -0.4 is 0 Å². The van der Waals surface area contributed by atoms with Crippen molar-refractivity contribution >= 4 is 46.3 Å². The molecule has 1 N–H and O–H groups in total. The maximum absolute atomic E-state index is 12.8. The second-order valence-corrected chi connectivity index (χ2v) is 7.12. The molecule has 10 heteroatoms. The first-order chi connectivity index (χ1) is 12.6. The smallest absolute Gasteiger partial charge is 0.416 e. The molecule has 1 aliphatic heterocycles. The van der Waals surface area contributed by atoms with Crippen LogP contribution in [-0.4, -0.2) is 32.7 Å². The Morgan fingerprint density at radius 3 is 2.70 bits per heavy atom. The maximum Gasteiger partial charge on any atom is 0.416 e. The number of thioether (sulfide) groups is 1. The van der Waals surface area contributed by atoms with E-state index in [9.17, 15) is 22.8 Å². The second kappa shape index (κ2) is 7.20. The fourth-order valence-electron chi connectivity index (χ4n) is 2.34. The topological polar surface area (TPSA) is 70.8 Å². The minimum atomic E-state index is -4.47. The Morgan fingerprint density at radius 2 is 2.04 bits per heavy atom. The third-order valence-corrected chi connectivity index (χ3v) is 4.92. The van der Waals surface area contributed by atoms with Gasteiger partial charge in [0.05, 0.1) is 10.5 Å². The number of thiocarbonyl (C=S) groups is 1. The van der Waals surface area contributed by atoms with Crippen molar-refractivity contribution < 1.29 is 32.3 Å². The zero-order chi connectivity index (χ0) is 19.8. The summed E-state index contributed by atoms with van der Waals surface area (Å²) in [5.74, 6) is -1.33. The number of amides is 1. The van der Waals surface area contributed by atoms with Crippen molar-refractivity contribution in [2.45, 2.75) is 6.18 Å². The second-order valence-electron chi connectivity index (χ2n) is 5.44. The van der Waals surface area contributed by atoms with Crippen LogP contribution in [0.15, 0.2) is 45.7 Å². The lowest BCUT2D eigenvalue weighted by molar-refractivity contribution is -0.140. The normalized spacial score (nSPS) is 16.4. The van der Waals surface area contributed by atoms with Gasteiger partial charge in [0.1, 0.15) is 22.4 Å². The Labute approximate surface area is 160 Å². The molecule has 3 rings (SSSR count). The maximum atomic E-state index is 12.8. The summed E-state index contributed by atoms with van der Waals surface area (Å²) < 4.78 is 44.1. The Hall–Kier alpha value is -2.59. The van der Waals surface area contributed by atoms with E-state index in [-0.39, 0.29) is 26.3 Å². The molecular weight excluding hydrogens is 403 g/mol. The van der Waals surface area contributed by atoms with E-state index in [1.807, 2.05) is 0 Å². The number of hydrogen-bond acceptors (Lipinski definition) is 5. The number of carbonyl (C=O) groups excluding carboxylic acids is 1. The van der Waals surface area contributed by atoms with E-state index in [1.54, 1.807) is 0 Å². The zero-order valence-corrected chi connectivity index (χ0v) is 15.0. The Kier molecular flexibility index (Phi) is 5.11. The lowest BCUT2D eigenvalue weighted by Gasteiger charge is -2.09. The molecular formula is C17H10F3NO4S2. The molecule has 5 nitrogen and oxygen atoms in total. The summed E-state index contributed by atoms with van der Waals surface area (Å²) >= 11 is 5.91. The molecule has 0 radical (unpaired) electrons. The summed E-state index contributed by atoms with van der Waals surface area (Å²) in [4.78, 5) is 24.1. The van der Waals surface area contributed by atoms with E-state index >= 15 is 0 Å². The van der Waals surface area contributed by atoms with Crippen molar-refractivity contribution in [3.05, 3.63) is 52.6 Å². The summed E-state index contributed by atoms with van der Waals surface area (Å²) in [7, 11) is 0. The summed E-state index contributed by atoms with van der Waals surface area (Å²) in [6.45, 7) is -0.546. The van der Waals surface area contributed by atoms with Crippen LogP contribution >= 0.6 is 24.0 Å². The van der Waals surface area contributed by atoms with Gasteiger partial charge in [-0.05, 0) is 24.3 Å². The first-order valence-electron chi connectivity index (χ1n) is 7.40. The molecule has 0 spiro atoms. The molecule has 1 saturated heterocycles. The monoisotopic (exact) mass is 413 g/mol. The third-order valence-electron chi connectivity index (χ3n) is 3.54. The highest BCUT2D eigenvalue weighted by Crippen LogP contribution is 2.35. The number of alkyl halides is 3. The van der Waals surface area contributed by atoms with Gasteiger partial charge in [-0.15, -0.1) is 0 Å². The van der Waals surface area contributed by atoms with Crippen molar-refractivity contribution in [3.63, 3.8) is 0 Å². The van der Waals surface area contributed by atoms with Crippen LogP contribution in [0, 0.1) is 0 Å². The van der Waals surface area contributed by atoms with Gasteiger partial charge in [0.2, 0.25) is 0 Å². The van der Waals surface area contributed by atoms with Gasteiger partial charge in [0.25, 0.3) is 5.91 Å². The minimum Gasteiger partial charge on any atom is -0.480 e. The van der Waals surface area contributed by atoms with Crippen molar-refractivity contribution in [2.75, 3.05) is 6.54 Å². The predicted molar refractivity (Wildman–Crippen MR) is 96.7 cm³/mol. The average Bonchev–Trinajstić information content (AvgIpc) is 3.15. The average molecular weight is 413 g/mol. The number of nitrogens with zero attached hydrogens (tertiary/aromatic N) is 1. The number of carbonyl (C=O) groups is 2. The van der Waals surface area contributed by atoms with Crippen LogP contribution in [0.1, 0.15) is 11.3 Å². The van der Waals surface area contributed by atoms with Crippen LogP contribution in [0.4, 0.5) is 13.2 Å². The summed E-state index contributed by atoms with van der Waals surface area (Å²) in [6, 6.07) is 7.66. The molecule has 2 aromatic rings. The highest BCUT2D eigenvalue weighted by atomic mass is 32.2. The number of carboxylic acid groups (broad SMARTS) is 1. The van der Waals surface area contributed by atoms with Gasteiger partial charge in [0.15, 0.2) is 0 Å². The molecule has 1 aromatic carbocycles. The number of halogens is 3. The van der Waals surface area contributed by atoms with E-state index in [4.69, 9.17) is 21.7 Å². The Morgan fingerprint density at radius 1 is 1.30 bits per heavy atom. The third kappa shape index (κ3) is 4.22. The van der Waals surface area contributed by atoms with E-state index in [1.165, 1.54) is 30.3 Å².